The van der Waals surface area contributed by atoms with Crippen LogP contribution in [0.3, 0.4) is 0 Å². The van der Waals surface area contributed by atoms with Crippen molar-refractivity contribution < 1.29 is 22.4 Å². The van der Waals surface area contributed by atoms with Crippen LogP contribution in [-0.2, 0) is 19.4 Å². The smallest absolute Gasteiger partial charge is 0.267 e. The Bertz CT molecular complexity index is 890. The highest BCUT2D eigenvalue weighted by Gasteiger charge is 2.43. The molecule has 0 bridgehead atoms. The fraction of sp³-hybridized carbons (Fsp3) is 0.471. The van der Waals surface area contributed by atoms with E-state index in [-0.39, 0.29) is 29.2 Å². The van der Waals surface area contributed by atoms with Crippen LogP contribution in [0.25, 0.3) is 6.08 Å². The number of nitrogens with one attached hydrogen (secondary N) is 1. The van der Waals surface area contributed by atoms with E-state index in [4.69, 9.17) is 16.6 Å². The van der Waals surface area contributed by atoms with Gasteiger partial charge in [-0.3, -0.25) is 14.5 Å². The van der Waals surface area contributed by atoms with Crippen LogP contribution in [0.1, 0.15) is 26.0 Å². The second-order valence-electron chi connectivity index (χ2n) is 6.86. The first-order chi connectivity index (χ1) is 12.7. The molecular weight excluding hydrogens is 408 g/mol. The number of rotatable bonds is 5. The van der Waals surface area contributed by atoms with E-state index in [1.165, 1.54) is 11.2 Å². The molecule has 2 atom stereocenters. The largest absolute Gasteiger partial charge is 0.465 e. The quantitative estimate of drug-likeness (QED) is 0.564. The van der Waals surface area contributed by atoms with E-state index in [1.807, 2.05) is 13.8 Å². The number of furan rings is 1. The van der Waals surface area contributed by atoms with Gasteiger partial charge in [0.05, 0.1) is 22.7 Å². The lowest BCUT2D eigenvalue weighted by Crippen LogP contribution is -2.53. The normalized spacial score (nSPS) is 24.8. The van der Waals surface area contributed by atoms with Gasteiger partial charge in [0, 0.05) is 12.1 Å². The summed E-state index contributed by atoms with van der Waals surface area (Å²) in [7, 11) is -3.11. The topological polar surface area (TPSA) is 96.7 Å². The molecule has 146 valence electrons. The molecule has 7 nitrogen and oxygen atoms in total. The fourth-order valence-electron chi connectivity index (χ4n) is 3.14. The van der Waals surface area contributed by atoms with Crippen LogP contribution in [0.4, 0.5) is 0 Å². The second-order valence-corrected chi connectivity index (χ2v) is 10.8. The highest BCUT2D eigenvalue weighted by molar-refractivity contribution is 8.26. The molecule has 2 saturated heterocycles. The van der Waals surface area contributed by atoms with Gasteiger partial charge in [0.2, 0.25) is 5.91 Å². The number of hydrogen-bond acceptors (Lipinski definition) is 7. The lowest BCUT2D eigenvalue weighted by atomic mass is 10.0. The van der Waals surface area contributed by atoms with E-state index in [1.54, 1.807) is 18.2 Å². The summed E-state index contributed by atoms with van der Waals surface area (Å²) in [5.41, 5.74) is 0. The maximum Gasteiger partial charge on any atom is 0.267 e. The minimum atomic E-state index is -3.11. The van der Waals surface area contributed by atoms with Gasteiger partial charge in [0.1, 0.15) is 16.1 Å². The molecule has 1 aromatic rings. The van der Waals surface area contributed by atoms with Crippen molar-refractivity contribution in [2.75, 3.05) is 11.5 Å². The summed E-state index contributed by atoms with van der Waals surface area (Å²) in [4.78, 5) is 27.4. The summed E-state index contributed by atoms with van der Waals surface area (Å²) in [5, 5.41) is 2.78. The third-order valence-corrected chi connectivity index (χ3v) is 7.50. The van der Waals surface area contributed by atoms with E-state index >= 15 is 0 Å². The first-order valence-electron chi connectivity index (χ1n) is 8.49. The van der Waals surface area contributed by atoms with Crippen molar-refractivity contribution in [1.29, 1.82) is 0 Å². The van der Waals surface area contributed by atoms with E-state index in [0.29, 0.717) is 21.4 Å². The summed E-state index contributed by atoms with van der Waals surface area (Å²) in [6.45, 7) is 3.65. The summed E-state index contributed by atoms with van der Waals surface area (Å²) in [5.74, 6) is -0.417. The Morgan fingerprint density at radius 3 is 2.78 bits per heavy atom. The van der Waals surface area contributed by atoms with Crippen molar-refractivity contribution in [3.8, 4) is 0 Å². The van der Waals surface area contributed by atoms with Crippen molar-refractivity contribution in [3.63, 3.8) is 0 Å². The standard InChI is InChI=1S/C17H20N2O5S3/c1-10(2)14(15(20)18-11-5-7-27(22,23)9-11)19-16(21)13(26-17(19)25)8-12-4-3-6-24-12/h3-4,6,8,10-11,14H,5,7,9H2,1-2H3,(H,18,20). The monoisotopic (exact) mass is 428 g/mol. The molecule has 10 heteroatoms. The van der Waals surface area contributed by atoms with Gasteiger partial charge in [-0.2, -0.15) is 0 Å². The number of hydrogen-bond donors (Lipinski definition) is 1. The summed E-state index contributed by atoms with van der Waals surface area (Å²) >= 11 is 6.46. The highest BCUT2D eigenvalue weighted by Crippen LogP contribution is 2.35. The molecule has 0 spiro atoms. The Morgan fingerprint density at radius 2 is 2.22 bits per heavy atom. The van der Waals surface area contributed by atoms with Crippen LogP contribution < -0.4 is 5.32 Å². The minimum Gasteiger partial charge on any atom is -0.465 e. The van der Waals surface area contributed by atoms with Gasteiger partial charge < -0.3 is 9.73 Å². The van der Waals surface area contributed by atoms with Crippen molar-refractivity contribution in [1.82, 2.24) is 10.2 Å². The van der Waals surface area contributed by atoms with Gasteiger partial charge in [-0.15, -0.1) is 0 Å². The molecule has 0 saturated carbocycles. The third kappa shape index (κ3) is 4.44. The average Bonchev–Trinajstić information content (AvgIpc) is 3.25. The van der Waals surface area contributed by atoms with E-state index in [9.17, 15) is 18.0 Å². The Hall–Kier alpha value is -1.65. The molecule has 1 aromatic heterocycles. The summed E-state index contributed by atoms with van der Waals surface area (Å²) in [6, 6.07) is 2.20. The molecule has 1 N–H and O–H groups in total. The van der Waals surface area contributed by atoms with Crippen molar-refractivity contribution in [2.45, 2.75) is 32.4 Å². The Balaban J connectivity index is 1.79. The van der Waals surface area contributed by atoms with Crippen LogP contribution in [0.2, 0.25) is 0 Å². The molecule has 0 radical (unpaired) electrons. The van der Waals surface area contributed by atoms with Crippen LogP contribution in [0.15, 0.2) is 27.7 Å². The number of sulfone groups is 1. The second kappa shape index (κ2) is 7.76. The molecule has 2 fully saturated rings. The van der Waals surface area contributed by atoms with Crippen LogP contribution in [0, 0.1) is 5.92 Å². The number of nitrogens with zero attached hydrogens (tertiary/aromatic N) is 1. The van der Waals surface area contributed by atoms with Crippen LogP contribution in [0.5, 0.6) is 0 Å². The van der Waals surface area contributed by atoms with Crippen molar-refractivity contribution >= 4 is 56.0 Å². The third-order valence-electron chi connectivity index (χ3n) is 4.40. The maximum absolute atomic E-state index is 12.9. The Morgan fingerprint density at radius 1 is 1.48 bits per heavy atom. The van der Waals surface area contributed by atoms with Crippen LogP contribution in [-0.4, -0.2) is 53.0 Å². The molecule has 0 aromatic carbocycles. The fourth-order valence-corrected chi connectivity index (χ4v) is 6.12. The lowest BCUT2D eigenvalue weighted by Gasteiger charge is -2.29. The molecule has 2 aliphatic heterocycles. The molecular formula is C17H20N2O5S3. The van der Waals surface area contributed by atoms with Crippen molar-refractivity contribution in [3.05, 3.63) is 29.1 Å². The molecule has 0 aliphatic carbocycles. The van der Waals surface area contributed by atoms with E-state index in [2.05, 4.69) is 5.32 Å². The predicted octanol–water partition coefficient (Wildman–Crippen LogP) is 1.81. The summed E-state index contributed by atoms with van der Waals surface area (Å²) in [6.07, 6.45) is 3.49. The number of amides is 2. The zero-order valence-electron chi connectivity index (χ0n) is 14.9. The molecule has 3 rings (SSSR count). The molecule has 3 heterocycles. The number of carbonyl (C=O) groups excluding carboxylic acids is 2. The Kier molecular flexibility index (Phi) is 5.78. The molecule has 2 amide bonds. The van der Waals surface area contributed by atoms with Crippen molar-refractivity contribution in [2.24, 2.45) is 5.92 Å². The van der Waals surface area contributed by atoms with E-state index < -0.39 is 21.9 Å². The number of thioether (sulfide) groups is 1. The molecule has 2 aliphatic rings. The van der Waals surface area contributed by atoms with Gasteiger partial charge in [-0.05, 0) is 24.5 Å². The maximum atomic E-state index is 12.9. The number of carbonyl (C=O) groups is 2. The highest BCUT2D eigenvalue weighted by atomic mass is 32.2. The minimum absolute atomic E-state index is 0.0667. The van der Waals surface area contributed by atoms with Gasteiger partial charge >= 0.3 is 0 Å². The zero-order chi connectivity index (χ0) is 19.8. The van der Waals surface area contributed by atoms with E-state index in [0.717, 1.165) is 11.8 Å². The molecule has 2 unspecified atom stereocenters. The first kappa shape index (κ1) is 20.1. The lowest BCUT2D eigenvalue weighted by molar-refractivity contribution is -0.134. The average molecular weight is 429 g/mol. The van der Waals surface area contributed by atoms with Gasteiger partial charge in [0.25, 0.3) is 5.91 Å². The number of thiocarbonyl (C=S) groups is 1. The van der Waals surface area contributed by atoms with Gasteiger partial charge in [-0.1, -0.05) is 37.8 Å². The SMILES string of the molecule is CC(C)C(C(=O)NC1CCS(=O)(=O)C1)N1C(=O)C(=Cc2ccco2)SC1=S. The first-order valence-corrected chi connectivity index (χ1v) is 11.5. The predicted molar refractivity (Wildman–Crippen MR) is 108 cm³/mol. The summed E-state index contributed by atoms with van der Waals surface area (Å²) < 4.78 is 28.8. The van der Waals surface area contributed by atoms with Gasteiger partial charge in [-0.25, -0.2) is 8.42 Å². The Labute approximate surface area is 167 Å². The van der Waals surface area contributed by atoms with Gasteiger partial charge in [0.15, 0.2) is 9.84 Å². The molecule has 27 heavy (non-hydrogen) atoms. The van der Waals surface area contributed by atoms with Crippen LogP contribution >= 0.6 is 24.0 Å². The zero-order valence-corrected chi connectivity index (χ0v) is 17.3.